The molecular weight excluding hydrogens is 358 g/mol. The minimum atomic E-state index is -0.386. The van der Waals surface area contributed by atoms with Gasteiger partial charge >= 0.3 is 5.97 Å². The molecule has 1 heterocycles. The van der Waals surface area contributed by atoms with Gasteiger partial charge in [0, 0.05) is 22.9 Å². The summed E-state index contributed by atoms with van der Waals surface area (Å²) in [6.07, 6.45) is 0.220. The van der Waals surface area contributed by atoms with E-state index in [0.29, 0.717) is 11.3 Å². The zero-order valence-corrected chi connectivity index (χ0v) is 16.2. The fourth-order valence-corrected chi connectivity index (χ4v) is 3.51. The van der Waals surface area contributed by atoms with Crippen molar-refractivity contribution in [3.05, 3.63) is 76.3 Å². The third-order valence-electron chi connectivity index (χ3n) is 4.20. The van der Waals surface area contributed by atoms with Gasteiger partial charge in [0.2, 0.25) is 0 Å². The number of nitrogens with zero attached hydrogens (tertiary/aromatic N) is 1. The van der Waals surface area contributed by atoms with E-state index in [9.17, 15) is 9.59 Å². The molecular formula is C22H21NO3S. The molecule has 3 rings (SSSR count). The number of carbonyl (C=O) groups is 2. The summed E-state index contributed by atoms with van der Waals surface area (Å²) in [5.74, 6) is -0.420. The van der Waals surface area contributed by atoms with Gasteiger partial charge in [0.1, 0.15) is 11.6 Å². The van der Waals surface area contributed by atoms with Crippen molar-refractivity contribution in [2.75, 3.05) is 0 Å². The molecule has 0 N–H and O–H groups in total. The van der Waals surface area contributed by atoms with E-state index in [2.05, 4.69) is 4.98 Å². The van der Waals surface area contributed by atoms with Crippen LogP contribution in [0.4, 0.5) is 0 Å². The van der Waals surface area contributed by atoms with Crippen LogP contribution < -0.4 is 0 Å². The van der Waals surface area contributed by atoms with E-state index in [4.69, 9.17) is 4.74 Å². The van der Waals surface area contributed by atoms with Gasteiger partial charge in [-0.25, -0.2) is 4.98 Å². The minimum Gasteiger partial charge on any atom is -0.459 e. The number of ketones is 1. The number of Topliss-reactive ketones (excluding diaryl/α,β-unsaturated/α-hetero) is 1. The van der Waals surface area contributed by atoms with Crippen molar-refractivity contribution in [2.24, 2.45) is 0 Å². The summed E-state index contributed by atoms with van der Waals surface area (Å²) in [4.78, 5) is 28.8. The van der Waals surface area contributed by atoms with Crippen LogP contribution in [0.25, 0.3) is 10.6 Å². The molecule has 0 saturated heterocycles. The summed E-state index contributed by atoms with van der Waals surface area (Å²) >= 11 is 1.52. The summed E-state index contributed by atoms with van der Waals surface area (Å²) < 4.78 is 5.27. The van der Waals surface area contributed by atoms with Gasteiger partial charge in [-0.05, 0) is 25.5 Å². The fraction of sp³-hybridized carbons (Fsp3) is 0.227. The summed E-state index contributed by atoms with van der Waals surface area (Å²) in [6, 6.07) is 15.6. The highest BCUT2D eigenvalue weighted by molar-refractivity contribution is 7.13. The van der Waals surface area contributed by atoms with Gasteiger partial charge in [0.15, 0.2) is 5.78 Å². The molecule has 0 aliphatic rings. The number of ether oxygens (including phenoxy) is 1. The molecule has 0 atom stereocenters. The molecule has 5 heteroatoms. The van der Waals surface area contributed by atoms with E-state index in [1.54, 1.807) is 0 Å². The lowest BCUT2D eigenvalue weighted by atomic mass is 9.99. The summed E-state index contributed by atoms with van der Waals surface area (Å²) in [5.41, 5.74) is 4.39. The lowest BCUT2D eigenvalue weighted by Gasteiger charge is -2.06. The maximum atomic E-state index is 12.3. The van der Waals surface area contributed by atoms with Gasteiger partial charge in [0.05, 0.1) is 12.1 Å². The SMILES string of the molecule is Cc1ccc(C)c(C(=O)CCC(=O)OCc2csc(-c3ccccc3)n2)c1. The van der Waals surface area contributed by atoms with Crippen LogP contribution in [0.1, 0.15) is 40.0 Å². The molecule has 4 nitrogen and oxygen atoms in total. The number of rotatable bonds is 7. The molecule has 2 aromatic carbocycles. The second-order valence-electron chi connectivity index (χ2n) is 6.41. The molecule has 0 amide bonds. The zero-order chi connectivity index (χ0) is 19.2. The van der Waals surface area contributed by atoms with E-state index < -0.39 is 0 Å². The van der Waals surface area contributed by atoms with Crippen molar-refractivity contribution in [1.29, 1.82) is 0 Å². The second kappa shape index (κ2) is 8.73. The molecule has 138 valence electrons. The predicted molar refractivity (Wildman–Crippen MR) is 107 cm³/mol. The van der Waals surface area contributed by atoms with Crippen LogP contribution in [0, 0.1) is 13.8 Å². The Balaban J connectivity index is 1.49. The topological polar surface area (TPSA) is 56.3 Å². The van der Waals surface area contributed by atoms with Crippen molar-refractivity contribution in [3.8, 4) is 10.6 Å². The Morgan fingerprint density at radius 2 is 1.81 bits per heavy atom. The Morgan fingerprint density at radius 1 is 1.04 bits per heavy atom. The molecule has 0 saturated carbocycles. The average molecular weight is 379 g/mol. The van der Waals surface area contributed by atoms with Crippen molar-refractivity contribution in [2.45, 2.75) is 33.3 Å². The minimum absolute atomic E-state index is 0.0341. The maximum Gasteiger partial charge on any atom is 0.306 e. The molecule has 0 spiro atoms. The highest BCUT2D eigenvalue weighted by atomic mass is 32.1. The van der Waals surface area contributed by atoms with Crippen LogP contribution in [0.3, 0.4) is 0 Å². The first-order valence-corrected chi connectivity index (χ1v) is 9.67. The molecule has 0 fully saturated rings. The van der Waals surface area contributed by atoms with Crippen LogP contribution in [-0.4, -0.2) is 16.7 Å². The van der Waals surface area contributed by atoms with E-state index in [0.717, 1.165) is 21.7 Å². The standard InChI is InChI=1S/C22H21NO3S/c1-15-8-9-16(2)19(12-15)20(24)10-11-21(25)26-13-18-14-27-22(23-18)17-6-4-3-5-7-17/h3-9,12,14H,10-11,13H2,1-2H3. The zero-order valence-electron chi connectivity index (χ0n) is 15.4. The molecule has 0 radical (unpaired) electrons. The third-order valence-corrected chi connectivity index (χ3v) is 5.14. The van der Waals surface area contributed by atoms with Crippen LogP contribution >= 0.6 is 11.3 Å². The highest BCUT2D eigenvalue weighted by Gasteiger charge is 2.13. The summed E-state index contributed by atoms with van der Waals surface area (Å²) in [7, 11) is 0. The lowest BCUT2D eigenvalue weighted by molar-refractivity contribution is -0.145. The first kappa shape index (κ1) is 19.0. The number of thiazole rings is 1. The van der Waals surface area contributed by atoms with E-state index in [-0.39, 0.29) is 31.2 Å². The molecule has 0 bridgehead atoms. The Morgan fingerprint density at radius 3 is 2.59 bits per heavy atom. The van der Waals surface area contributed by atoms with Gasteiger partial charge in [0.25, 0.3) is 0 Å². The van der Waals surface area contributed by atoms with Crippen molar-refractivity contribution >= 4 is 23.1 Å². The van der Waals surface area contributed by atoms with Gasteiger partial charge in [-0.2, -0.15) is 0 Å². The van der Waals surface area contributed by atoms with Gasteiger partial charge in [-0.15, -0.1) is 11.3 Å². The lowest BCUT2D eigenvalue weighted by Crippen LogP contribution is -2.09. The normalized spacial score (nSPS) is 10.6. The molecule has 27 heavy (non-hydrogen) atoms. The van der Waals surface area contributed by atoms with Crippen molar-refractivity contribution in [3.63, 3.8) is 0 Å². The van der Waals surface area contributed by atoms with Gasteiger partial charge in [-0.1, -0.05) is 48.0 Å². The van der Waals surface area contributed by atoms with Gasteiger partial charge < -0.3 is 4.74 Å². The second-order valence-corrected chi connectivity index (χ2v) is 7.27. The monoisotopic (exact) mass is 379 g/mol. The number of carbonyl (C=O) groups excluding carboxylic acids is 2. The number of aromatic nitrogens is 1. The average Bonchev–Trinajstić information content (AvgIpc) is 3.16. The quantitative estimate of drug-likeness (QED) is 0.422. The van der Waals surface area contributed by atoms with E-state index in [1.165, 1.54) is 11.3 Å². The Hall–Kier alpha value is -2.79. The van der Waals surface area contributed by atoms with Crippen LogP contribution in [-0.2, 0) is 16.1 Å². The van der Waals surface area contributed by atoms with E-state index in [1.807, 2.05) is 67.8 Å². The number of hydrogen-bond acceptors (Lipinski definition) is 5. The van der Waals surface area contributed by atoms with Gasteiger partial charge in [-0.3, -0.25) is 9.59 Å². The van der Waals surface area contributed by atoms with Crippen molar-refractivity contribution in [1.82, 2.24) is 4.98 Å². The maximum absolute atomic E-state index is 12.3. The molecule has 0 unspecified atom stereocenters. The van der Waals surface area contributed by atoms with Crippen LogP contribution in [0.5, 0.6) is 0 Å². The Labute approximate surface area is 162 Å². The molecule has 3 aromatic rings. The largest absolute Gasteiger partial charge is 0.459 e. The molecule has 0 aliphatic carbocycles. The smallest absolute Gasteiger partial charge is 0.306 e. The number of esters is 1. The van der Waals surface area contributed by atoms with Crippen molar-refractivity contribution < 1.29 is 14.3 Å². The van der Waals surface area contributed by atoms with E-state index >= 15 is 0 Å². The predicted octanol–water partition coefficient (Wildman–Crippen LogP) is 5.13. The van der Waals surface area contributed by atoms with Crippen LogP contribution in [0.2, 0.25) is 0 Å². The highest BCUT2D eigenvalue weighted by Crippen LogP contribution is 2.23. The Bertz CT molecular complexity index is 947. The first-order valence-electron chi connectivity index (χ1n) is 8.79. The summed E-state index contributed by atoms with van der Waals surface area (Å²) in [5, 5.41) is 2.78. The molecule has 0 aliphatic heterocycles. The molecule has 1 aromatic heterocycles. The number of benzene rings is 2. The first-order chi connectivity index (χ1) is 13.0. The van der Waals surface area contributed by atoms with Crippen LogP contribution in [0.15, 0.2) is 53.9 Å². The number of aryl methyl sites for hydroxylation is 2. The number of hydrogen-bond donors (Lipinski definition) is 0. The summed E-state index contributed by atoms with van der Waals surface area (Å²) in [6.45, 7) is 3.97. The third kappa shape index (κ3) is 5.11. The fourth-order valence-electron chi connectivity index (χ4n) is 2.70. The Kier molecular flexibility index (Phi) is 6.14.